The summed E-state index contributed by atoms with van der Waals surface area (Å²) in [6.07, 6.45) is 6.92. The highest BCUT2D eigenvalue weighted by Gasteiger charge is 2.45. The molecule has 2 aromatic heterocycles. The number of alkyl halides is 2. The minimum absolute atomic E-state index is 0.0412. The fourth-order valence-corrected chi connectivity index (χ4v) is 5.79. The zero-order valence-corrected chi connectivity index (χ0v) is 18.7. The molecule has 2 aliphatic rings. The van der Waals surface area contributed by atoms with Gasteiger partial charge in [-0.2, -0.15) is 5.10 Å². The molecule has 31 heavy (non-hydrogen) atoms. The summed E-state index contributed by atoms with van der Waals surface area (Å²) in [6, 6.07) is 8.17. The average molecular weight is 427 g/mol. The molecule has 0 saturated heterocycles. The van der Waals surface area contributed by atoms with Crippen molar-refractivity contribution in [1.29, 1.82) is 0 Å². The standard InChI is InChI=1S/C26H32F2N2O/c1-4-18-12-13-26(18,3)22-14-17-6-5-7-20(24(17)31-22)21-15-30(29-23(21)25(27)28)19-10-8-16(2)9-11-19/h5-7,14-16,18-19,25H,4,8-13H2,1-3H3/t16?,18?,19?,26-/m1/s1. The van der Waals surface area contributed by atoms with Crippen molar-refractivity contribution in [3.05, 3.63) is 41.9 Å². The van der Waals surface area contributed by atoms with Gasteiger partial charge in [0.1, 0.15) is 17.0 Å². The lowest BCUT2D eigenvalue weighted by molar-refractivity contribution is 0.111. The van der Waals surface area contributed by atoms with E-state index in [0.717, 1.165) is 55.2 Å². The van der Waals surface area contributed by atoms with Gasteiger partial charge in [0.05, 0.1) is 6.04 Å². The van der Waals surface area contributed by atoms with Gasteiger partial charge < -0.3 is 4.42 Å². The Morgan fingerprint density at radius 3 is 2.58 bits per heavy atom. The van der Waals surface area contributed by atoms with Crippen molar-refractivity contribution in [3.8, 4) is 11.1 Å². The predicted octanol–water partition coefficient (Wildman–Crippen LogP) is 8.06. The summed E-state index contributed by atoms with van der Waals surface area (Å²) in [6.45, 7) is 6.76. The molecule has 5 heteroatoms. The van der Waals surface area contributed by atoms with Crippen molar-refractivity contribution in [2.45, 2.75) is 83.6 Å². The number of aromatic nitrogens is 2. The number of hydrogen-bond donors (Lipinski definition) is 0. The molecule has 2 saturated carbocycles. The summed E-state index contributed by atoms with van der Waals surface area (Å²) in [4.78, 5) is 0. The highest BCUT2D eigenvalue weighted by molar-refractivity contribution is 5.93. The molecule has 0 N–H and O–H groups in total. The Labute approximate surface area is 182 Å². The Morgan fingerprint density at radius 1 is 1.16 bits per heavy atom. The van der Waals surface area contributed by atoms with Gasteiger partial charge in [-0.05, 0) is 56.4 Å². The quantitative estimate of drug-likeness (QED) is 0.413. The number of fused-ring (bicyclic) bond motifs is 1. The smallest absolute Gasteiger partial charge is 0.282 e. The molecule has 2 heterocycles. The van der Waals surface area contributed by atoms with Crippen LogP contribution in [0.4, 0.5) is 8.78 Å². The van der Waals surface area contributed by atoms with Gasteiger partial charge in [0.2, 0.25) is 0 Å². The minimum atomic E-state index is -2.61. The summed E-state index contributed by atoms with van der Waals surface area (Å²) in [5, 5.41) is 5.36. The van der Waals surface area contributed by atoms with Crippen molar-refractivity contribution in [2.24, 2.45) is 11.8 Å². The zero-order chi connectivity index (χ0) is 21.8. The number of rotatable bonds is 5. The largest absolute Gasteiger partial charge is 0.460 e. The fourth-order valence-electron chi connectivity index (χ4n) is 5.79. The van der Waals surface area contributed by atoms with Gasteiger partial charge in [-0.3, -0.25) is 4.68 Å². The van der Waals surface area contributed by atoms with Gasteiger partial charge in [0, 0.05) is 28.1 Å². The van der Waals surface area contributed by atoms with E-state index in [9.17, 15) is 8.78 Å². The number of nitrogens with zero attached hydrogens (tertiary/aromatic N) is 2. The van der Waals surface area contributed by atoms with Gasteiger partial charge in [0.15, 0.2) is 0 Å². The second kappa shape index (κ2) is 7.75. The maximum Gasteiger partial charge on any atom is 0.282 e. The summed E-state index contributed by atoms with van der Waals surface area (Å²) >= 11 is 0. The fraction of sp³-hybridized carbons (Fsp3) is 0.577. The molecule has 1 aromatic carbocycles. The highest BCUT2D eigenvalue weighted by atomic mass is 19.3. The number of furan rings is 1. The number of halogens is 2. The Kier molecular flexibility index (Phi) is 5.18. The summed E-state index contributed by atoms with van der Waals surface area (Å²) < 4.78 is 36.2. The molecular weight excluding hydrogens is 394 g/mol. The first-order valence-electron chi connectivity index (χ1n) is 11.8. The maximum atomic E-state index is 14.0. The van der Waals surface area contributed by atoms with E-state index in [1.165, 1.54) is 6.42 Å². The van der Waals surface area contributed by atoms with E-state index in [0.29, 0.717) is 23.0 Å². The van der Waals surface area contributed by atoms with Crippen LogP contribution in [0.25, 0.3) is 22.1 Å². The van der Waals surface area contributed by atoms with Crippen molar-refractivity contribution in [1.82, 2.24) is 9.78 Å². The Morgan fingerprint density at radius 2 is 1.94 bits per heavy atom. The Bertz CT molecular complexity index is 1070. The number of hydrogen-bond acceptors (Lipinski definition) is 2. The van der Waals surface area contributed by atoms with Gasteiger partial charge >= 0.3 is 0 Å². The van der Waals surface area contributed by atoms with E-state index < -0.39 is 6.43 Å². The molecule has 0 radical (unpaired) electrons. The van der Waals surface area contributed by atoms with E-state index in [2.05, 4.69) is 31.9 Å². The van der Waals surface area contributed by atoms with Gasteiger partial charge in [-0.15, -0.1) is 0 Å². The van der Waals surface area contributed by atoms with E-state index in [-0.39, 0.29) is 17.2 Å². The van der Waals surface area contributed by atoms with Gasteiger partial charge in [-0.1, -0.05) is 45.4 Å². The van der Waals surface area contributed by atoms with Crippen molar-refractivity contribution < 1.29 is 13.2 Å². The predicted molar refractivity (Wildman–Crippen MR) is 119 cm³/mol. The van der Waals surface area contributed by atoms with E-state index in [1.54, 1.807) is 4.68 Å². The first-order valence-corrected chi connectivity index (χ1v) is 11.8. The monoisotopic (exact) mass is 426 g/mol. The highest BCUT2D eigenvalue weighted by Crippen LogP contribution is 2.52. The van der Waals surface area contributed by atoms with Crippen LogP contribution in [0.3, 0.4) is 0 Å². The second-order valence-corrected chi connectivity index (χ2v) is 10.0. The SMILES string of the molecule is CCC1CC[C@@]1(C)c1cc2cccc(-c3cn(C4CCC(C)CC4)nc3C(F)F)c2o1. The minimum Gasteiger partial charge on any atom is -0.460 e. The molecule has 2 fully saturated rings. The molecule has 5 rings (SSSR count). The van der Waals surface area contributed by atoms with E-state index in [1.807, 2.05) is 24.4 Å². The first-order chi connectivity index (χ1) is 14.9. The van der Waals surface area contributed by atoms with Crippen LogP contribution in [0, 0.1) is 11.8 Å². The Hall–Kier alpha value is -2.17. The van der Waals surface area contributed by atoms with Crippen LogP contribution in [0.2, 0.25) is 0 Å². The maximum absolute atomic E-state index is 14.0. The third kappa shape index (κ3) is 3.41. The molecular formula is C26H32F2N2O. The lowest BCUT2D eigenvalue weighted by Crippen LogP contribution is -2.40. The average Bonchev–Trinajstić information content (AvgIpc) is 3.38. The Balaban J connectivity index is 1.57. The third-order valence-corrected chi connectivity index (χ3v) is 8.13. The molecule has 166 valence electrons. The molecule has 0 amide bonds. The lowest BCUT2D eigenvalue weighted by Gasteiger charge is -2.45. The van der Waals surface area contributed by atoms with Crippen LogP contribution in [-0.4, -0.2) is 9.78 Å². The summed E-state index contributed by atoms with van der Waals surface area (Å²) in [5.41, 5.74) is 1.85. The van der Waals surface area contributed by atoms with Crippen LogP contribution < -0.4 is 0 Å². The number of para-hydroxylation sites is 1. The number of benzene rings is 1. The van der Waals surface area contributed by atoms with Crippen LogP contribution >= 0.6 is 0 Å². The molecule has 0 spiro atoms. The third-order valence-electron chi connectivity index (χ3n) is 8.13. The lowest BCUT2D eigenvalue weighted by atomic mass is 9.59. The molecule has 1 unspecified atom stereocenters. The topological polar surface area (TPSA) is 31.0 Å². The molecule has 2 atom stereocenters. The van der Waals surface area contributed by atoms with Gasteiger partial charge in [0.25, 0.3) is 6.43 Å². The summed E-state index contributed by atoms with van der Waals surface area (Å²) in [5.74, 6) is 2.31. The van der Waals surface area contributed by atoms with Crippen molar-refractivity contribution in [3.63, 3.8) is 0 Å². The molecule has 0 bridgehead atoms. The molecule has 0 aliphatic heterocycles. The first kappa shape index (κ1) is 20.7. The van der Waals surface area contributed by atoms with Crippen LogP contribution in [-0.2, 0) is 5.41 Å². The molecule has 3 aromatic rings. The summed E-state index contributed by atoms with van der Waals surface area (Å²) in [7, 11) is 0. The van der Waals surface area contributed by atoms with Crippen LogP contribution in [0.15, 0.2) is 34.9 Å². The van der Waals surface area contributed by atoms with E-state index >= 15 is 0 Å². The molecule has 3 nitrogen and oxygen atoms in total. The second-order valence-electron chi connectivity index (χ2n) is 10.0. The van der Waals surface area contributed by atoms with Crippen molar-refractivity contribution in [2.75, 3.05) is 0 Å². The zero-order valence-electron chi connectivity index (χ0n) is 18.7. The van der Waals surface area contributed by atoms with Crippen LogP contribution in [0.1, 0.15) is 89.6 Å². The normalized spacial score (nSPS) is 28.9. The van der Waals surface area contributed by atoms with Crippen LogP contribution in [0.5, 0.6) is 0 Å². The van der Waals surface area contributed by atoms with E-state index in [4.69, 9.17) is 4.42 Å². The van der Waals surface area contributed by atoms with Gasteiger partial charge in [-0.25, -0.2) is 8.78 Å². The molecule has 2 aliphatic carbocycles. The van der Waals surface area contributed by atoms with Crippen molar-refractivity contribution >= 4 is 11.0 Å².